The molecule has 0 aliphatic heterocycles. The van der Waals surface area contributed by atoms with E-state index < -0.39 is 27.0 Å². The summed E-state index contributed by atoms with van der Waals surface area (Å²) in [5.41, 5.74) is -0.152. The maximum Gasteiger partial charge on any atom is 0.338 e. The molecular weight excluding hydrogens is 352 g/mol. The highest BCUT2D eigenvalue weighted by Gasteiger charge is 2.21. The van der Waals surface area contributed by atoms with Gasteiger partial charge in [0.2, 0.25) is 0 Å². The molecular formula is C16H14O8S. The van der Waals surface area contributed by atoms with E-state index >= 15 is 0 Å². The Kier molecular flexibility index (Phi) is 5.40. The highest BCUT2D eigenvalue weighted by molar-refractivity contribution is 7.86. The summed E-state index contributed by atoms with van der Waals surface area (Å²) in [5, 5.41) is 0. The molecule has 0 unspecified atom stereocenters. The summed E-state index contributed by atoms with van der Waals surface area (Å²) < 4.78 is 46.7. The van der Waals surface area contributed by atoms with Crippen molar-refractivity contribution in [3.63, 3.8) is 0 Å². The van der Waals surface area contributed by atoms with Crippen LogP contribution in [0.3, 0.4) is 0 Å². The lowest BCUT2D eigenvalue weighted by Crippen LogP contribution is -2.12. The van der Waals surface area contributed by atoms with Crippen molar-refractivity contribution < 1.29 is 36.8 Å². The van der Waals surface area contributed by atoms with Gasteiger partial charge in [-0.3, -0.25) is 4.55 Å². The quantitative estimate of drug-likeness (QED) is 0.633. The zero-order chi connectivity index (χ0) is 18.6. The van der Waals surface area contributed by atoms with Crippen LogP contribution in [0.25, 0.3) is 0 Å². The highest BCUT2D eigenvalue weighted by atomic mass is 32.2. The third kappa shape index (κ3) is 4.14. The minimum absolute atomic E-state index is 0.0373. The van der Waals surface area contributed by atoms with Crippen molar-refractivity contribution in [1.82, 2.24) is 0 Å². The van der Waals surface area contributed by atoms with Crippen LogP contribution >= 0.6 is 0 Å². The molecule has 2 rings (SSSR count). The number of esters is 2. The third-order valence-electron chi connectivity index (χ3n) is 3.16. The zero-order valence-electron chi connectivity index (χ0n) is 13.3. The average molecular weight is 366 g/mol. The molecule has 132 valence electrons. The highest BCUT2D eigenvalue weighted by Crippen LogP contribution is 2.30. The SMILES string of the molecule is COC(=O)c1ccc(Oc2ccccc2S(=O)(=O)O)cc1C(=O)OC. The van der Waals surface area contributed by atoms with Gasteiger partial charge in [-0.25, -0.2) is 9.59 Å². The summed E-state index contributed by atoms with van der Waals surface area (Å²) in [6.45, 7) is 0. The van der Waals surface area contributed by atoms with Crippen LogP contribution in [0.4, 0.5) is 0 Å². The third-order valence-corrected chi connectivity index (χ3v) is 4.05. The molecule has 0 aromatic heterocycles. The second-order valence-electron chi connectivity index (χ2n) is 4.71. The van der Waals surface area contributed by atoms with E-state index in [4.69, 9.17) is 4.74 Å². The summed E-state index contributed by atoms with van der Waals surface area (Å²) in [7, 11) is -2.19. The van der Waals surface area contributed by atoms with Crippen LogP contribution in [0.1, 0.15) is 20.7 Å². The van der Waals surface area contributed by atoms with Crippen molar-refractivity contribution in [3.8, 4) is 11.5 Å². The Labute approximate surface area is 143 Å². The molecule has 2 aromatic carbocycles. The van der Waals surface area contributed by atoms with E-state index in [1.54, 1.807) is 0 Å². The van der Waals surface area contributed by atoms with Crippen molar-refractivity contribution in [2.75, 3.05) is 14.2 Å². The molecule has 0 bridgehead atoms. The first-order valence-corrected chi connectivity index (χ1v) is 8.27. The number of para-hydroxylation sites is 1. The lowest BCUT2D eigenvalue weighted by Gasteiger charge is -2.12. The van der Waals surface area contributed by atoms with Gasteiger partial charge in [-0.1, -0.05) is 12.1 Å². The molecule has 0 atom stereocenters. The largest absolute Gasteiger partial charge is 0.465 e. The molecule has 0 saturated heterocycles. The van der Waals surface area contributed by atoms with Gasteiger partial charge in [0.15, 0.2) is 0 Å². The predicted octanol–water partition coefficient (Wildman–Crippen LogP) is 2.30. The summed E-state index contributed by atoms with van der Waals surface area (Å²) in [5.74, 6) is -1.63. The summed E-state index contributed by atoms with van der Waals surface area (Å²) in [6, 6.07) is 9.25. The van der Waals surface area contributed by atoms with E-state index in [9.17, 15) is 22.6 Å². The second-order valence-corrected chi connectivity index (χ2v) is 6.10. The number of hydrogen-bond donors (Lipinski definition) is 1. The van der Waals surface area contributed by atoms with Crippen molar-refractivity contribution in [2.45, 2.75) is 4.90 Å². The Bertz CT molecular complexity index is 917. The van der Waals surface area contributed by atoms with Gasteiger partial charge >= 0.3 is 11.9 Å². The van der Waals surface area contributed by atoms with E-state index in [0.717, 1.165) is 20.3 Å². The second kappa shape index (κ2) is 7.32. The van der Waals surface area contributed by atoms with E-state index in [1.165, 1.54) is 36.4 Å². The van der Waals surface area contributed by atoms with Gasteiger partial charge in [0.25, 0.3) is 10.1 Å². The molecule has 8 nitrogen and oxygen atoms in total. The van der Waals surface area contributed by atoms with Crippen LogP contribution in [0.15, 0.2) is 47.4 Å². The maximum atomic E-state index is 11.9. The van der Waals surface area contributed by atoms with Crippen molar-refractivity contribution in [1.29, 1.82) is 0 Å². The van der Waals surface area contributed by atoms with Gasteiger partial charge in [0.1, 0.15) is 16.4 Å². The van der Waals surface area contributed by atoms with Crippen LogP contribution in [-0.4, -0.2) is 39.1 Å². The predicted molar refractivity (Wildman–Crippen MR) is 85.5 cm³/mol. The zero-order valence-corrected chi connectivity index (χ0v) is 14.1. The molecule has 25 heavy (non-hydrogen) atoms. The van der Waals surface area contributed by atoms with Crippen LogP contribution in [0.2, 0.25) is 0 Å². The fourth-order valence-electron chi connectivity index (χ4n) is 2.03. The van der Waals surface area contributed by atoms with Gasteiger partial charge in [0.05, 0.1) is 25.3 Å². The molecule has 9 heteroatoms. The van der Waals surface area contributed by atoms with E-state index in [0.29, 0.717) is 0 Å². The Morgan fingerprint density at radius 2 is 1.52 bits per heavy atom. The van der Waals surface area contributed by atoms with Gasteiger partial charge in [-0.2, -0.15) is 8.42 Å². The number of methoxy groups -OCH3 is 2. The first-order valence-electron chi connectivity index (χ1n) is 6.83. The van der Waals surface area contributed by atoms with Gasteiger partial charge < -0.3 is 14.2 Å². The number of carbonyl (C=O) groups excluding carboxylic acids is 2. The van der Waals surface area contributed by atoms with Crippen LogP contribution in [-0.2, 0) is 19.6 Å². The van der Waals surface area contributed by atoms with Crippen LogP contribution in [0.5, 0.6) is 11.5 Å². The first-order chi connectivity index (χ1) is 11.8. The monoisotopic (exact) mass is 366 g/mol. The Morgan fingerprint density at radius 1 is 0.920 bits per heavy atom. The molecule has 0 spiro atoms. The molecule has 0 aliphatic carbocycles. The fourth-order valence-corrected chi connectivity index (χ4v) is 2.64. The molecule has 0 aliphatic rings. The lowest BCUT2D eigenvalue weighted by molar-refractivity contribution is 0.0555. The van der Waals surface area contributed by atoms with Crippen LogP contribution in [0, 0.1) is 0 Å². The Hall–Kier alpha value is -2.91. The summed E-state index contributed by atoms with van der Waals surface area (Å²) in [6.07, 6.45) is 0. The maximum absolute atomic E-state index is 11.9. The smallest absolute Gasteiger partial charge is 0.338 e. The number of ether oxygens (including phenoxy) is 3. The normalized spacial score (nSPS) is 10.8. The number of rotatable bonds is 5. The van der Waals surface area contributed by atoms with Crippen molar-refractivity contribution in [2.24, 2.45) is 0 Å². The molecule has 1 N–H and O–H groups in total. The minimum atomic E-state index is -4.50. The number of benzene rings is 2. The number of hydrogen-bond acceptors (Lipinski definition) is 7. The topological polar surface area (TPSA) is 116 Å². The molecule has 0 radical (unpaired) electrons. The van der Waals surface area contributed by atoms with Gasteiger partial charge in [0, 0.05) is 0 Å². The summed E-state index contributed by atoms with van der Waals surface area (Å²) in [4.78, 5) is 23.2. The van der Waals surface area contributed by atoms with Gasteiger partial charge in [-0.05, 0) is 30.3 Å². The first kappa shape index (κ1) is 18.4. The molecule has 0 amide bonds. The van der Waals surface area contributed by atoms with Crippen molar-refractivity contribution in [3.05, 3.63) is 53.6 Å². The minimum Gasteiger partial charge on any atom is -0.465 e. The van der Waals surface area contributed by atoms with E-state index in [1.807, 2.05) is 0 Å². The number of carbonyl (C=O) groups is 2. The van der Waals surface area contributed by atoms with Gasteiger partial charge in [-0.15, -0.1) is 0 Å². The molecule has 0 heterocycles. The van der Waals surface area contributed by atoms with E-state index in [-0.39, 0.29) is 22.6 Å². The summed E-state index contributed by atoms with van der Waals surface area (Å²) >= 11 is 0. The molecule has 0 saturated carbocycles. The Morgan fingerprint density at radius 3 is 2.12 bits per heavy atom. The molecule has 2 aromatic rings. The van der Waals surface area contributed by atoms with E-state index in [2.05, 4.69) is 9.47 Å². The fraction of sp³-hybridized carbons (Fsp3) is 0.125. The van der Waals surface area contributed by atoms with Crippen molar-refractivity contribution >= 4 is 22.1 Å². The standard InChI is InChI=1S/C16H14O8S/c1-22-15(17)11-8-7-10(9-12(11)16(18)23-2)24-13-5-3-4-6-14(13)25(19,20)21/h3-9H,1-2H3,(H,19,20,21). The Balaban J connectivity index is 2.49. The average Bonchev–Trinajstić information content (AvgIpc) is 2.59. The lowest BCUT2D eigenvalue weighted by atomic mass is 10.1. The molecule has 0 fully saturated rings. The van der Waals surface area contributed by atoms with Crippen LogP contribution < -0.4 is 4.74 Å².